The quantitative estimate of drug-likeness (QED) is 0.281. The number of hydrogen-bond acceptors (Lipinski definition) is 4. The number of carbonyl (C=O) groups excluding carboxylic acids is 1. The summed E-state index contributed by atoms with van der Waals surface area (Å²) in [5.41, 5.74) is 9.11. The predicted molar refractivity (Wildman–Crippen MR) is 124 cm³/mol. The molecular weight excluding hydrogens is 402 g/mol. The average Bonchev–Trinajstić information content (AvgIpc) is 2.82. The van der Waals surface area contributed by atoms with Crippen molar-refractivity contribution in [3.63, 3.8) is 0 Å². The summed E-state index contributed by atoms with van der Waals surface area (Å²) >= 11 is 0. The number of fused-ring (bicyclic) bond motifs is 1. The molecule has 4 aromatic rings. The first-order valence-electron chi connectivity index (χ1n) is 10.0. The Morgan fingerprint density at radius 1 is 0.906 bits per heavy atom. The number of nitrogens with two attached hydrogens (primary N) is 2. The second-order valence-corrected chi connectivity index (χ2v) is 7.06. The SMILES string of the molecule is NC(=O)OC(=[NH2+])/C(=C/c1ccccc1)c1ccc(OCc2ccc3ccccc3n2)cc1. The summed E-state index contributed by atoms with van der Waals surface area (Å²) in [6, 6.07) is 28.8. The van der Waals surface area contributed by atoms with E-state index in [1.807, 2.05) is 97.1 Å². The normalized spacial score (nSPS) is 11.2. The third-order valence-corrected chi connectivity index (χ3v) is 4.79. The molecule has 1 amide bonds. The minimum absolute atomic E-state index is 0.0737. The molecule has 0 saturated heterocycles. The van der Waals surface area contributed by atoms with Crippen LogP contribution in [0, 0.1) is 0 Å². The van der Waals surface area contributed by atoms with E-state index in [-0.39, 0.29) is 5.90 Å². The molecule has 158 valence electrons. The van der Waals surface area contributed by atoms with Crippen molar-refractivity contribution in [1.82, 2.24) is 4.98 Å². The molecule has 0 fully saturated rings. The second kappa shape index (κ2) is 9.57. The molecule has 6 heteroatoms. The number of pyridine rings is 1. The largest absolute Gasteiger partial charge is 0.487 e. The molecule has 1 aromatic heterocycles. The molecule has 0 atom stereocenters. The Labute approximate surface area is 185 Å². The average molecular weight is 424 g/mol. The number of carbonyl (C=O) groups is 1. The second-order valence-electron chi connectivity index (χ2n) is 7.06. The minimum Gasteiger partial charge on any atom is -0.487 e. The Morgan fingerprint density at radius 2 is 1.62 bits per heavy atom. The highest BCUT2D eigenvalue weighted by molar-refractivity contribution is 6.23. The van der Waals surface area contributed by atoms with Gasteiger partial charge in [-0.3, -0.25) is 0 Å². The van der Waals surface area contributed by atoms with E-state index in [2.05, 4.69) is 4.98 Å². The maximum absolute atomic E-state index is 11.2. The zero-order valence-electron chi connectivity index (χ0n) is 17.3. The van der Waals surface area contributed by atoms with Gasteiger partial charge in [0.05, 0.1) is 16.8 Å². The number of rotatable bonds is 6. The fourth-order valence-electron chi connectivity index (χ4n) is 3.25. The molecule has 0 spiro atoms. The molecule has 4 N–H and O–H groups in total. The van der Waals surface area contributed by atoms with Crippen LogP contribution in [0.1, 0.15) is 16.8 Å². The Balaban J connectivity index is 1.52. The highest BCUT2D eigenvalue weighted by Gasteiger charge is 2.18. The summed E-state index contributed by atoms with van der Waals surface area (Å²) in [6.07, 6.45) is 0.858. The minimum atomic E-state index is -0.968. The lowest BCUT2D eigenvalue weighted by Crippen LogP contribution is -2.44. The van der Waals surface area contributed by atoms with Crippen molar-refractivity contribution >= 4 is 34.5 Å². The van der Waals surface area contributed by atoms with Crippen molar-refractivity contribution in [3.05, 3.63) is 108 Å². The van der Waals surface area contributed by atoms with E-state index in [0.717, 1.165) is 27.7 Å². The molecule has 0 radical (unpaired) electrons. The van der Waals surface area contributed by atoms with Gasteiger partial charge in [-0.25, -0.2) is 15.2 Å². The third-order valence-electron chi connectivity index (χ3n) is 4.79. The molecule has 4 rings (SSSR count). The molecule has 0 unspecified atom stereocenters. The van der Waals surface area contributed by atoms with Crippen LogP contribution < -0.4 is 15.9 Å². The third kappa shape index (κ3) is 5.17. The van der Waals surface area contributed by atoms with Crippen molar-refractivity contribution in [2.24, 2.45) is 5.73 Å². The van der Waals surface area contributed by atoms with Crippen molar-refractivity contribution < 1.29 is 19.7 Å². The number of aromatic nitrogens is 1. The molecule has 6 nitrogen and oxygen atoms in total. The van der Waals surface area contributed by atoms with Crippen molar-refractivity contribution in [2.45, 2.75) is 6.61 Å². The van der Waals surface area contributed by atoms with Crippen LogP contribution in [0.15, 0.2) is 91.0 Å². The van der Waals surface area contributed by atoms with Gasteiger partial charge in [0, 0.05) is 5.39 Å². The standard InChI is InChI=1S/C26H21N3O3/c27-25(32-26(28)30)23(16-18-6-2-1-3-7-18)19-11-14-22(15-12-19)31-17-21-13-10-20-8-4-5-9-24(20)29-21/h1-16,27H,17H2,(H2,28,30)/p+1/b23-16+,27-25?. The summed E-state index contributed by atoms with van der Waals surface area (Å²) in [5, 5.41) is 7.09. The maximum Gasteiger partial charge on any atom is 0.414 e. The number of para-hydroxylation sites is 1. The highest BCUT2D eigenvalue weighted by atomic mass is 16.6. The monoisotopic (exact) mass is 424 g/mol. The fourth-order valence-corrected chi connectivity index (χ4v) is 3.25. The zero-order chi connectivity index (χ0) is 22.3. The number of ether oxygens (including phenoxy) is 2. The Hall–Kier alpha value is -4.45. The summed E-state index contributed by atoms with van der Waals surface area (Å²) in [4.78, 5) is 15.8. The van der Waals surface area contributed by atoms with E-state index in [1.165, 1.54) is 0 Å². The molecule has 32 heavy (non-hydrogen) atoms. The van der Waals surface area contributed by atoms with Gasteiger partial charge in [0.2, 0.25) is 0 Å². The van der Waals surface area contributed by atoms with Crippen LogP contribution in [0.25, 0.3) is 22.6 Å². The Kier molecular flexibility index (Phi) is 6.22. The van der Waals surface area contributed by atoms with Crippen LogP contribution in [0.2, 0.25) is 0 Å². The van der Waals surface area contributed by atoms with Gasteiger partial charge in [-0.15, -0.1) is 0 Å². The fraction of sp³-hybridized carbons (Fsp3) is 0.0385. The van der Waals surface area contributed by atoms with E-state index in [4.69, 9.17) is 20.6 Å². The summed E-state index contributed by atoms with van der Waals surface area (Å²) in [5.74, 6) is 0.604. The lowest BCUT2D eigenvalue weighted by Gasteiger charge is -2.09. The van der Waals surface area contributed by atoms with Crippen molar-refractivity contribution in [3.8, 4) is 5.75 Å². The first-order chi connectivity index (χ1) is 15.6. The van der Waals surface area contributed by atoms with Crippen molar-refractivity contribution in [1.29, 1.82) is 0 Å². The Bertz CT molecular complexity index is 1280. The number of hydrogen-bond donors (Lipinski definition) is 2. The number of nitrogens with zero attached hydrogens (tertiary/aromatic N) is 1. The topological polar surface area (TPSA) is 100 Å². The summed E-state index contributed by atoms with van der Waals surface area (Å²) in [7, 11) is 0. The first kappa shape index (κ1) is 20.8. The van der Waals surface area contributed by atoms with E-state index in [1.54, 1.807) is 0 Å². The van der Waals surface area contributed by atoms with E-state index in [9.17, 15) is 4.79 Å². The molecule has 3 aromatic carbocycles. The van der Waals surface area contributed by atoms with Gasteiger partial charge in [-0.2, -0.15) is 0 Å². The summed E-state index contributed by atoms with van der Waals surface area (Å²) in [6.45, 7) is 0.343. The van der Waals surface area contributed by atoms with E-state index in [0.29, 0.717) is 17.9 Å². The van der Waals surface area contributed by atoms with Gasteiger partial charge in [0.1, 0.15) is 12.4 Å². The molecule has 0 saturated carbocycles. The van der Waals surface area contributed by atoms with Crippen LogP contribution >= 0.6 is 0 Å². The molecule has 0 bridgehead atoms. The molecule has 0 aliphatic carbocycles. The first-order valence-corrected chi connectivity index (χ1v) is 10.0. The Morgan fingerprint density at radius 3 is 2.38 bits per heavy atom. The van der Waals surface area contributed by atoms with Gasteiger partial charge < -0.3 is 15.2 Å². The van der Waals surface area contributed by atoms with Crippen LogP contribution in [0.3, 0.4) is 0 Å². The molecule has 0 aliphatic rings. The lowest BCUT2D eigenvalue weighted by molar-refractivity contribution is -0.130. The van der Waals surface area contributed by atoms with E-state index < -0.39 is 6.09 Å². The van der Waals surface area contributed by atoms with Crippen LogP contribution in [0.5, 0.6) is 5.75 Å². The van der Waals surface area contributed by atoms with Gasteiger partial charge in [0.25, 0.3) is 0 Å². The van der Waals surface area contributed by atoms with Crippen LogP contribution in [0.4, 0.5) is 4.79 Å². The van der Waals surface area contributed by atoms with Gasteiger partial charge in [-0.05, 0) is 41.5 Å². The molecular formula is C26H22N3O3+. The molecule has 1 heterocycles. The van der Waals surface area contributed by atoms with Crippen LogP contribution in [-0.2, 0) is 11.3 Å². The van der Waals surface area contributed by atoms with Crippen molar-refractivity contribution in [2.75, 3.05) is 0 Å². The maximum atomic E-state index is 11.2. The van der Waals surface area contributed by atoms with Gasteiger partial charge >= 0.3 is 12.0 Å². The van der Waals surface area contributed by atoms with Gasteiger partial charge in [-0.1, -0.05) is 66.7 Å². The number of benzene rings is 3. The number of primary amides is 1. The number of amides is 1. The highest BCUT2D eigenvalue weighted by Crippen LogP contribution is 2.23. The molecule has 0 aliphatic heterocycles. The van der Waals surface area contributed by atoms with Crippen LogP contribution in [-0.4, -0.2) is 17.0 Å². The zero-order valence-corrected chi connectivity index (χ0v) is 17.3. The smallest absolute Gasteiger partial charge is 0.414 e. The summed E-state index contributed by atoms with van der Waals surface area (Å²) < 4.78 is 10.8. The van der Waals surface area contributed by atoms with E-state index >= 15 is 0 Å². The van der Waals surface area contributed by atoms with Gasteiger partial charge in [0.15, 0.2) is 0 Å². The lowest BCUT2D eigenvalue weighted by atomic mass is 10.0. The predicted octanol–water partition coefficient (Wildman–Crippen LogP) is 3.61.